The molecule has 0 saturated heterocycles. The highest BCUT2D eigenvalue weighted by Crippen LogP contribution is 2.39. The fourth-order valence-electron chi connectivity index (χ4n) is 0.270. The minimum Gasteiger partial charge on any atom is -0.445 e. The van der Waals surface area contributed by atoms with Gasteiger partial charge in [0, 0.05) is 0 Å². The molecule has 0 aromatic carbocycles. The molecule has 0 spiro atoms. The predicted molar refractivity (Wildman–Crippen MR) is 24.4 cm³/mol. The quantitative estimate of drug-likeness (QED) is 0.473. The summed E-state index contributed by atoms with van der Waals surface area (Å²) < 4.78 is 90.0. The molecule has 0 radical (unpaired) electrons. The number of allylic oxidation sites excluding steroid dienone is 1. The molecule has 72 valence electrons. The lowest BCUT2D eigenvalue weighted by Crippen LogP contribution is -2.42. The number of rotatable bonds is 2. The average Bonchev–Trinajstić information content (AvgIpc) is 1.83. The van der Waals surface area contributed by atoms with E-state index < -0.39 is 24.7 Å². The zero-order chi connectivity index (χ0) is 10.2. The van der Waals surface area contributed by atoms with Crippen molar-refractivity contribution in [3.05, 3.63) is 11.9 Å². The van der Waals surface area contributed by atoms with Crippen molar-refractivity contribution >= 4 is 6.98 Å². The highest BCUT2D eigenvalue weighted by molar-refractivity contribution is 6.62. The minimum absolute atomic E-state index is 3.67. The van der Waals surface area contributed by atoms with Gasteiger partial charge in [0.2, 0.25) is 5.83 Å². The maximum atomic E-state index is 11.6. The Kier molecular flexibility index (Phi) is 2.76. The highest BCUT2D eigenvalue weighted by Gasteiger charge is 2.57. The van der Waals surface area contributed by atoms with Gasteiger partial charge in [-0.3, -0.25) is 0 Å². The summed E-state index contributed by atoms with van der Waals surface area (Å²) in [5, 5.41) is 0. The first-order chi connectivity index (χ1) is 5.10. The van der Waals surface area contributed by atoms with Gasteiger partial charge in [-0.25, -0.2) is 13.2 Å². The van der Waals surface area contributed by atoms with E-state index in [2.05, 4.69) is 0 Å². The Morgan fingerprint density at radius 1 is 0.917 bits per heavy atom. The number of halogens is 8. The first kappa shape index (κ1) is 11.2. The van der Waals surface area contributed by atoms with Gasteiger partial charge < -0.3 is 12.9 Å². The van der Waals surface area contributed by atoms with E-state index in [4.69, 9.17) is 0 Å². The van der Waals surface area contributed by atoms with E-state index in [1.54, 1.807) is 0 Å². The van der Waals surface area contributed by atoms with Gasteiger partial charge in [-0.05, 0) is 0 Å². The largest absolute Gasteiger partial charge is 0.555 e. The van der Waals surface area contributed by atoms with Gasteiger partial charge in [-0.2, -0.15) is 8.78 Å². The van der Waals surface area contributed by atoms with Crippen LogP contribution in [0, 0.1) is 0 Å². The summed E-state index contributed by atoms with van der Waals surface area (Å²) in [6.07, 6.45) is -3.67. The van der Waals surface area contributed by atoms with Crippen LogP contribution in [0.4, 0.5) is 34.9 Å². The molecule has 0 nitrogen and oxygen atoms in total. The monoisotopic (exact) mass is 199 g/mol. The standard InChI is InChI=1S/C3BF8/c5-1(2(6)7)3(8,9)4(10,11)12/q-1. The van der Waals surface area contributed by atoms with Crippen LogP contribution < -0.4 is 0 Å². The molecule has 0 aliphatic carbocycles. The molecule has 9 heteroatoms. The Labute approximate surface area is 60.9 Å². The van der Waals surface area contributed by atoms with Crippen molar-refractivity contribution in [3.63, 3.8) is 0 Å². The number of hydrogen-bond acceptors (Lipinski definition) is 0. The molecule has 0 aromatic rings. The van der Waals surface area contributed by atoms with Crippen molar-refractivity contribution in [3.8, 4) is 0 Å². The van der Waals surface area contributed by atoms with Gasteiger partial charge in [0.1, 0.15) is 0 Å². The zero-order valence-corrected chi connectivity index (χ0v) is 5.10. The average molecular weight is 199 g/mol. The molecule has 0 heterocycles. The second-order valence-corrected chi connectivity index (χ2v) is 1.77. The number of hydrogen-bond donors (Lipinski definition) is 0. The normalized spacial score (nSPS) is 13.0. The molecule has 0 aliphatic rings. The predicted octanol–water partition coefficient (Wildman–Crippen LogP) is 3.09. The van der Waals surface area contributed by atoms with Crippen LogP contribution in [-0.4, -0.2) is 12.8 Å². The molecule has 0 saturated carbocycles. The van der Waals surface area contributed by atoms with Crippen molar-refractivity contribution in [2.45, 2.75) is 5.82 Å². The fourth-order valence-corrected chi connectivity index (χ4v) is 0.270. The SMILES string of the molecule is FC(F)=C(F)C(F)(F)[B-](F)(F)F. The van der Waals surface area contributed by atoms with Gasteiger partial charge in [0.05, 0.1) is 0 Å². The van der Waals surface area contributed by atoms with E-state index in [0.29, 0.717) is 0 Å². The van der Waals surface area contributed by atoms with Crippen molar-refractivity contribution in [1.29, 1.82) is 0 Å². The minimum atomic E-state index is -6.98. The molecule has 0 aromatic heterocycles. The Bertz CT molecular complexity index is 197. The molecule has 0 fully saturated rings. The Morgan fingerprint density at radius 3 is 1.33 bits per heavy atom. The molecule has 0 rings (SSSR count). The maximum absolute atomic E-state index is 11.6. The summed E-state index contributed by atoms with van der Waals surface area (Å²) in [4.78, 5) is 0. The lowest BCUT2D eigenvalue weighted by molar-refractivity contribution is 0.0475. The van der Waals surface area contributed by atoms with E-state index >= 15 is 0 Å². The number of alkyl halides is 2. The van der Waals surface area contributed by atoms with Gasteiger partial charge in [-0.15, -0.1) is 0 Å². The van der Waals surface area contributed by atoms with E-state index in [9.17, 15) is 34.9 Å². The Balaban J connectivity index is 5.01. The molecule has 0 amide bonds. The van der Waals surface area contributed by atoms with E-state index in [1.807, 2.05) is 0 Å². The zero-order valence-electron chi connectivity index (χ0n) is 5.10. The van der Waals surface area contributed by atoms with Gasteiger partial charge >= 0.3 is 13.1 Å². The third-order valence-electron chi connectivity index (χ3n) is 0.870. The second-order valence-electron chi connectivity index (χ2n) is 1.77. The first-order valence-corrected chi connectivity index (χ1v) is 2.39. The van der Waals surface area contributed by atoms with Crippen LogP contribution in [0.25, 0.3) is 0 Å². The lowest BCUT2D eigenvalue weighted by atomic mass is 9.80. The Morgan fingerprint density at radius 2 is 1.25 bits per heavy atom. The van der Waals surface area contributed by atoms with Crippen LogP contribution in [0.15, 0.2) is 11.9 Å². The van der Waals surface area contributed by atoms with Crippen molar-refractivity contribution in [2.24, 2.45) is 0 Å². The van der Waals surface area contributed by atoms with Gasteiger partial charge in [-0.1, -0.05) is 0 Å². The van der Waals surface area contributed by atoms with Gasteiger partial charge in [0.15, 0.2) is 0 Å². The maximum Gasteiger partial charge on any atom is 0.555 e. The molecular formula is C3BF8-. The molecule has 12 heavy (non-hydrogen) atoms. The van der Waals surface area contributed by atoms with Gasteiger partial charge in [0.25, 0.3) is 5.82 Å². The molecule has 0 bridgehead atoms. The van der Waals surface area contributed by atoms with Crippen molar-refractivity contribution in [2.75, 3.05) is 0 Å². The first-order valence-electron chi connectivity index (χ1n) is 2.39. The van der Waals surface area contributed by atoms with Crippen LogP contribution in [0.5, 0.6) is 0 Å². The molecule has 0 unspecified atom stereocenters. The summed E-state index contributed by atoms with van der Waals surface area (Å²) in [5.74, 6) is -9.80. The Hall–Kier alpha value is -0.755. The lowest BCUT2D eigenvalue weighted by Gasteiger charge is -2.23. The third-order valence-corrected chi connectivity index (χ3v) is 0.870. The smallest absolute Gasteiger partial charge is 0.445 e. The van der Waals surface area contributed by atoms with Crippen molar-refractivity contribution in [1.82, 2.24) is 0 Å². The van der Waals surface area contributed by atoms with Crippen LogP contribution in [-0.2, 0) is 0 Å². The van der Waals surface area contributed by atoms with Crippen LogP contribution in [0.2, 0.25) is 0 Å². The van der Waals surface area contributed by atoms with E-state index in [0.717, 1.165) is 0 Å². The summed E-state index contributed by atoms with van der Waals surface area (Å²) >= 11 is 0. The topological polar surface area (TPSA) is 0 Å². The molecule has 0 atom stereocenters. The summed E-state index contributed by atoms with van der Waals surface area (Å²) in [6, 6.07) is 0. The van der Waals surface area contributed by atoms with Crippen LogP contribution in [0.3, 0.4) is 0 Å². The van der Waals surface area contributed by atoms with Crippen molar-refractivity contribution < 1.29 is 34.9 Å². The second kappa shape index (κ2) is 2.94. The summed E-state index contributed by atoms with van der Waals surface area (Å²) in [5.41, 5.74) is 0. The van der Waals surface area contributed by atoms with Crippen LogP contribution in [0.1, 0.15) is 0 Å². The molecule has 0 aliphatic heterocycles. The highest BCUT2D eigenvalue weighted by atomic mass is 19.4. The molecular weight excluding hydrogens is 199 g/mol. The fraction of sp³-hybridized carbons (Fsp3) is 0.333. The third kappa shape index (κ3) is 1.89. The molecule has 0 N–H and O–H groups in total. The summed E-state index contributed by atoms with van der Waals surface area (Å²) in [6.45, 7) is -6.98. The van der Waals surface area contributed by atoms with E-state index in [1.165, 1.54) is 0 Å². The van der Waals surface area contributed by atoms with E-state index in [-0.39, 0.29) is 0 Å². The van der Waals surface area contributed by atoms with Crippen LogP contribution >= 0.6 is 0 Å². The summed E-state index contributed by atoms with van der Waals surface area (Å²) in [7, 11) is 0.